The van der Waals surface area contributed by atoms with Crippen molar-refractivity contribution in [3.05, 3.63) is 0 Å². The molecule has 1 aliphatic rings. The van der Waals surface area contributed by atoms with Crippen molar-refractivity contribution in [1.29, 1.82) is 0 Å². The van der Waals surface area contributed by atoms with Gasteiger partial charge in [0, 0.05) is 6.61 Å². The summed E-state index contributed by atoms with van der Waals surface area (Å²) in [4.78, 5) is 10.9. The van der Waals surface area contributed by atoms with Crippen LogP contribution in [0.4, 0.5) is 0 Å². The normalized spacial score (nSPS) is 21.6. The van der Waals surface area contributed by atoms with Gasteiger partial charge in [0.15, 0.2) is 6.29 Å². The van der Waals surface area contributed by atoms with Gasteiger partial charge in [-0.2, -0.15) is 0 Å². The summed E-state index contributed by atoms with van der Waals surface area (Å²) >= 11 is 0. The number of carbonyl (C=O) groups excluding carboxylic acids is 1. The van der Waals surface area contributed by atoms with Crippen LogP contribution in [0.25, 0.3) is 0 Å². The zero-order valence-electron chi connectivity index (χ0n) is 11.4. The summed E-state index contributed by atoms with van der Waals surface area (Å²) in [5, 5.41) is 3.04. The highest BCUT2D eigenvalue weighted by Gasteiger charge is 2.15. The number of nitrogens with one attached hydrogen (secondary N) is 1. The molecule has 5 heteroatoms. The molecule has 1 fully saturated rings. The van der Waals surface area contributed by atoms with Crippen molar-refractivity contribution >= 4 is 5.97 Å². The van der Waals surface area contributed by atoms with Crippen LogP contribution in [0.15, 0.2) is 0 Å². The van der Waals surface area contributed by atoms with Gasteiger partial charge < -0.3 is 19.5 Å². The summed E-state index contributed by atoms with van der Waals surface area (Å²) in [5.41, 5.74) is 0. The van der Waals surface area contributed by atoms with Gasteiger partial charge in [0.05, 0.1) is 20.3 Å². The molecule has 0 aliphatic carbocycles. The SMILES string of the molecule is COC(=O)CNCC[C@@H](C)COC1CCCCO1. The third-order valence-electron chi connectivity index (χ3n) is 3.02. The molecule has 0 saturated carbocycles. The molecule has 0 amide bonds. The summed E-state index contributed by atoms with van der Waals surface area (Å²) in [7, 11) is 1.39. The molecular weight excluding hydrogens is 234 g/mol. The molecule has 1 saturated heterocycles. The van der Waals surface area contributed by atoms with Gasteiger partial charge in [-0.15, -0.1) is 0 Å². The van der Waals surface area contributed by atoms with Crippen molar-refractivity contribution in [3.63, 3.8) is 0 Å². The largest absolute Gasteiger partial charge is 0.468 e. The lowest BCUT2D eigenvalue weighted by molar-refractivity contribution is -0.168. The molecule has 1 unspecified atom stereocenters. The summed E-state index contributed by atoms with van der Waals surface area (Å²) in [5.74, 6) is 0.232. The number of ether oxygens (including phenoxy) is 3. The Labute approximate surface area is 109 Å². The van der Waals surface area contributed by atoms with E-state index in [9.17, 15) is 4.79 Å². The molecule has 0 radical (unpaired) electrons. The number of hydrogen-bond acceptors (Lipinski definition) is 5. The summed E-state index contributed by atoms with van der Waals surface area (Å²) < 4.78 is 15.7. The molecule has 2 atom stereocenters. The standard InChI is InChI=1S/C13H25NO4/c1-11(6-7-14-9-12(15)16-2)10-18-13-5-3-4-8-17-13/h11,13-14H,3-10H2,1-2H3/t11-,13?/m1/s1. The van der Waals surface area contributed by atoms with Crippen molar-refractivity contribution < 1.29 is 19.0 Å². The van der Waals surface area contributed by atoms with Gasteiger partial charge in [0.2, 0.25) is 0 Å². The minimum atomic E-state index is -0.227. The Kier molecular flexibility index (Phi) is 7.96. The van der Waals surface area contributed by atoms with E-state index in [-0.39, 0.29) is 18.8 Å². The van der Waals surface area contributed by atoms with E-state index in [1.54, 1.807) is 0 Å². The van der Waals surface area contributed by atoms with Crippen LogP contribution in [0.5, 0.6) is 0 Å². The van der Waals surface area contributed by atoms with Crippen LogP contribution >= 0.6 is 0 Å². The van der Waals surface area contributed by atoms with Gasteiger partial charge in [-0.1, -0.05) is 6.92 Å². The van der Waals surface area contributed by atoms with Gasteiger partial charge in [0.25, 0.3) is 0 Å². The predicted molar refractivity (Wildman–Crippen MR) is 68.2 cm³/mol. The smallest absolute Gasteiger partial charge is 0.319 e. The first-order chi connectivity index (χ1) is 8.72. The Morgan fingerprint density at radius 3 is 3.00 bits per heavy atom. The van der Waals surface area contributed by atoms with Crippen LogP contribution in [0.3, 0.4) is 0 Å². The Bertz CT molecular complexity index is 229. The molecule has 5 nitrogen and oxygen atoms in total. The Hall–Kier alpha value is -0.650. The lowest BCUT2D eigenvalue weighted by Gasteiger charge is -2.24. The van der Waals surface area contributed by atoms with Crippen LogP contribution in [0, 0.1) is 5.92 Å². The third-order valence-corrected chi connectivity index (χ3v) is 3.02. The average molecular weight is 259 g/mol. The van der Waals surface area contributed by atoms with Gasteiger partial charge in [-0.05, 0) is 38.1 Å². The van der Waals surface area contributed by atoms with Crippen LogP contribution < -0.4 is 5.32 Å². The van der Waals surface area contributed by atoms with Crippen molar-refractivity contribution in [1.82, 2.24) is 5.32 Å². The van der Waals surface area contributed by atoms with Gasteiger partial charge in [-0.3, -0.25) is 4.79 Å². The lowest BCUT2D eigenvalue weighted by Crippen LogP contribution is -2.28. The maximum absolute atomic E-state index is 10.9. The van der Waals surface area contributed by atoms with Crippen molar-refractivity contribution in [2.24, 2.45) is 5.92 Å². The molecule has 0 aromatic heterocycles. The summed E-state index contributed by atoms with van der Waals surface area (Å²) in [6.45, 7) is 4.74. The molecular formula is C13H25NO4. The molecule has 1 aliphatic heterocycles. The monoisotopic (exact) mass is 259 g/mol. The highest BCUT2D eigenvalue weighted by molar-refractivity contribution is 5.71. The second-order valence-electron chi connectivity index (χ2n) is 4.78. The number of esters is 1. The van der Waals surface area contributed by atoms with E-state index in [4.69, 9.17) is 9.47 Å². The average Bonchev–Trinajstić information content (AvgIpc) is 2.42. The molecule has 106 valence electrons. The van der Waals surface area contributed by atoms with Crippen LogP contribution in [0.2, 0.25) is 0 Å². The fourth-order valence-corrected chi connectivity index (χ4v) is 1.81. The fourth-order valence-electron chi connectivity index (χ4n) is 1.81. The summed E-state index contributed by atoms with van der Waals surface area (Å²) in [6.07, 6.45) is 4.31. The summed E-state index contributed by atoms with van der Waals surface area (Å²) in [6, 6.07) is 0. The Morgan fingerprint density at radius 2 is 2.33 bits per heavy atom. The number of carbonyl (C=O) groups is 1. The predicted octanol–water partition coefficient (Wildman–Crippen LogP) is 1.32. The minimum Gasteiger partial charge on any atom is -0.468 e. The maximum atomic E-state index is 10.9. The maximum Gasteiger partial charge on any atom is 0.319 e. The zero-order valence-corrected chi connectivity index (χ0v) is 11.4. The fraction of sp³-hybridized carbons (Fsp3) is 0.923. The van der Waals surface area contributed by atoms with Crippen molar-refractivity contribution in [2.75, 3.05) is 33.4 Å². The van der Waals surface area contributed by atoms with E-state index in [0.29, 0.717) is 12.5 Å². The Balaban J connectivity index is 1.96. The molecule has 1 rings (SSSR count). The Morgan fingerprint density at radius 1 is 1.50 bits per heavy atom. The molecule has 0 aromatic rings. The van der Waals surface area contributed by atoms with Gasteiger partial charge in [-0.25, -0.2) is 0 Å². The second-order valence-corrected chi connectivity index (χ2v) is 4.78. The van der Waals surface area contributed by atoms with Crippen molar-refractivity contribution in [2.45, 2.75) is 38.9 Å². The van der Waals surface area contributed by atoms with Crippen molar-refractivity contribution in [3.8, 4) is 0 Å². The molecule has 18 heavy (non-hydrogen) atoms. The molecule has 0 aromatic carbocycles. The van der Waals surface area contributed by atoms with E-state index in [0.717, 1.165) is 32.4 Å². The second kappa shape index (κ2) is 9.30. The topological polar surface area (TPSA) is 56.8 Å². The lowest BCUT2D eigenvalue weighted by atomic mass is 10.1. The quantitative estimate of drug-likeness (QED) is 0.526. The minimum absolute atomic E-state index is 0.00997. The van der Waals surface area contributed by atoms with E-state index >= 15 is 0 Å². The van der Waals surface area contributed by atoms with Gasteiger partial charge >= 0.3 is 5.97 Å². The van der Waals surface area contributed by atoms with Gasteiger partial charge in [0.1, 0.15) is 0 Å². The van der Waals surface area contributed by atoms with Crippen LogP contribution in [-0.4, -0.2) is 45.7 Å². The highest BCUT2D eigenvalue weighted by atomic mass is 16.7. The molecule has 1 N–H and O–H groups in total. The van der Waals surface area contributed by atoms with E-state index < -0.39 is 0 Å². The first-order valence-corrected chi connectivity index (χ1v) is 6.73. The van der Waals surface area contributed by atoms with Crippen LogP contribution in [-0.2, 0) is 19.0 Å². The number of rotatable bonds is 8. The van der Waals surface area contributed by atoms with Crippen LogP contribution in [0.1, 0.15) is 32.6 Å². The van der Waals surface area contributed by atoms with E-state index in [2.05, 4.69) is 17.0 Å². The highest BCUT2D eigenvalue weighted by Crippen LogP contribution is 2.15. The third kappa shape index (κ3) is 6.93. The van der Waals surface area contributed by atoms with E-state index in [1.807, 2.05) is 0 Å². The molecule has 1 heterocycles. The molecule has 0 spiro atoms. The first-order valence-electron chi connectivity index (χ1n) is 6.73. The molecule has 0 bridgehead atoms. The number of hydrogen-bond donors (Lipinski definition) is 1. The zero-order chi connectivity index (χ0) is 13.2. The number of methoxy groups -OCH3 is 1. The first kappa shape index (κ1) is 15.4. The van der Waals surface area contributed by atoms with E-state index in [1.165, 1.54) is 13.5 Å².